The Kier molecular flexibility index (Phi) is 7.24. The van der Waals surface area contributed by atoms with Crippen LogP contribution in [0.5, 0.6) is 0 Å². The van der Waals surface area contributed by atoms with Crippen molar-refractivity contribution < 1.29 is 26.7 Å². The standard InChI is InChI=1S/C24H21F5N8O2/c25-20(26)19-23(39)32-16-9-13(1-2-15(16)31-19)11-35-5-7-36(8-6-35)17-3-4-18(33-21(17)27)34-22(38)14-10-30-37(12-14)24(28)29/h1-4,9-10,12,20,24H,5-8,11H2,(H,32,39)(H,33,34,38). The van der Waals surface area contributed by atoms with Gasteiger partial charge in [-0.3, -0.25) is 14.5 Å². The van der Waals surface area contributed by atoms with Gasteiger partial charge in [0.25, 0.3) is 17.9 Å². The van der Waals surface area contributed by atoms with Crippen LogP contribution >= 0.6 is 0 Å². The zero-order chi connectivity index (χ0) is 27.7. The second kappa shape index (κ2) is 10.8. The molecule has 3 aromatic heterocycles. The van der Waals surface area contributed by atoms with Gasteiger partial charge in [-0.25, -0.2) is 23.4 Å². The number of fused-ring (bicyclic) bond motifs is 1. The first-order chi connectivity index (χ1) is 18.7. The number of H-pyrrole nitrogens is 1. The molecule has 0 spiro atoms. The number of anilines is 2. The molecule has 5 rings (SSSR count). The highest BCUT2D eigenvalue weighted by Gasteiger charge is 2.22. The van der Waals surface area contributed by atoms with Gasteiger partial charge in [0, 0.05) is 38.9 Å². The number of amides is 1. The van der Waals surface area contributed by atoms with E-state index in [1.807, 2.05) is 4.90 Å². The van der Waals surface area contributed by atoms with Gasteiger partial charge in [0.1, 0.15) is 5.82 Å². The molecule has 39 heavy (non-hydrogen) atoms. The zero-order valence-electron chi connectivity index (χ0n) is 20.1. The fraction of sp³-hybridized carbons (Fsp3) is 0.292. The summed E-state index contributed by atoms with van der Waals surface area (Å²) in [7, 11) is 0. The van der Waals surface area contributed by atoms with E-state index < -0.39 is 36.1 Å². The molecule has 0 saturated carbocycles. The van der Waals surface area contributed by atoms with Crippen LogP contribution in [0.15, 0.2) is 47.5 Å². The van der Waals surface area contributed by atoms with Gasteiger partial charge in [-0.2, -0.15) is 18.3 Å². The Labute approximate surface area is 217 Å². The molecular formula is C24H21F5N8O2. The third kappa shape index (κ3) is 5.72. The van der Waals surface area contributed by atoms with Crippen molar-refractivity contribution in [3.05, 3.63) is 75.8 Å². The number of piperazine rings is 1. The number of halogens is 5. The number of pyridine rings is 1. The Morgan fingerprint density at radius 3 is 2.49 bits per heavy atom. The zero-order valence-corrected chi connectivity index (χ0v) is 20.1. The lowest BCUT2D eigenvalue weighted by molar-refractivity contribution is 0.0565. The molecule has 4 aromatic rings. The number of hydrogen-bond acceptors (Lipinski definition) is 7. The van der Waals surface area contributed by atoms with Gasteiger partial charge in [-0.15, -0.1) is 0 Å². The van der Waals surface area contributed by atoms with E-state index >= 15 is 0 Å². The molecule has 0 unspecified atom stereocenters. The molecular weight excluding hydrogens is 527 g/mol. The van der Waals surface area contributed by atoms with E-state index in [0.717, 1.165) is 18.0 Å². The summed E-state index contributed by atoms with van der Waals surface area (Å²) < 4.78 is 66.2. The van der Waals surface area contributed by atoms with Crippen LogP contribution in [-0.4, -0.2) is 61.7 Å². The van der Waals surface area contributed by atoms with Crippen molar-refractivity contribution >= 4 is 28.4 Å². The molecule has 204 valence electrons. The highest BCUT2D eigenvalue weighted by molar-refractivity contribution is 6.03. The lowest BCUT2D eigenvalue weighted by Gasteiger charge is -2.36. The SMILES string of the molecule is O=C(Nc1ccc(N2CCN(Cc3ccc4nc(C(F)F)c(=O)[nH]c4c3)CC2)c(F)n1)c1cnn(C(F)F)c1. The number of carbonyl (C=O) groups is 1. The van der Waals surface area contributed by atoms with E-state index in [2.05, 4.69) is 30.3 Å². The Bertz CT molecular complexity index is 1570. The van der Waals surface area contributed by atoms with E-state index in [9.17, 15) is 31.5 Å². The van der Waals surface area contributed by atoms with Crippen LogP contribution < -0.4 is 15.8 Å². The van der Waals surface area contributed by atoms with Gasteiger partial charge in [0.15, 0.2) is 5.69 Å². The molecule has 1 fully saturated rings. The smallest absolute Gasteiger partial charge is 0.333 e. The van der Waals surface area contributed by atoms with Crippen LogP contribution in [0.2, 0.25) is 0 Å². The number of alkyl halides is 4. The van der Waals surface area contributed by atoms with Crippen molar-refractivity contribution in [2.75, 3.05) is 36.4 Å². The maximum atomic E-state index is 14.8. The normalized spacial score (nSPS) is 14.5. The van der Waals surface area contributed by atoms with Gasteiger partial charge in [-0.05, 0) is 29.8 Å². The second-order valence-electron chi connectivity index (χ2n) is 8.81. The van der Waals surface area contributed by atoms with E-state index in [1.165, 1.54) is 12.1 Å². The van der Waals surface area contributed by atoms with Crippen molar-refractivity contribution in [2.45, 2.75) is 19.5 Å². The Morgan fingerprint density at radius 1 is 1.05 bits per heavy atom. The summed E-state index contributed by atoms with van der Waals surface area (Å²) in [5, 5.41) is 5.75. The summed E-state index contributed by atoms with van der Waals surface area (Å²) in [6.07, 6.45) is -1.11. The molecule has 15 heteroatoms. The molecule has 1 aliphatic heterocycles. The molecule has 0 radical (unpaired) electrons. The van der Waals surface area contributed by atoms with Gasteiger partial charge < -0.3 is 15.2 Å². The molecule has 1 saturated heterocycles. The minimum absolute atomic E-state index is 0.0748. The number of hydrogen-bond donors (Lipinski definition) is 2. The van der Waals surface area contributed by atoms with Gasteiger partial charge in [0.05, 0.1) is 28.5 Å². The number of nitrogens with zero attached hydrogens (tertiary/aromatic N) is 6. The second-order valence-corrected chi connectivity index (χ2v) is 8.81. The van der Waals surface area contributed by atoms with E-state index in [4.69, 9.17) is 0 Å². The first-order valence-electron chi connectivity index (χ1n) is 11.8. The third-order valence-corrected chi connectivity index (χ3v) is 6.24. The molecule has 0 bridgehead atoms. The van der Waals surface area contributed by atoms with Gasteiger partial charge in [0.2, 0.25) is 5.95 Å². The quantitative estimate of drug-likeness (QED) is 0.268. The lowest BCUT2D eigenvalue weighted by atomic mass is 10.1. The predicted octanol–water partition coefficient (Wildman–Crippen LogP) is 3.56. The van der Waals surface area contributed by atoms with Crippen molar-refractivity contribution in [1.82, 2.24) is 29.6 Å². The fourth-order valence-corrected chi connectivity index (χ4v) is 4.28. The highest BCUT2D eigenvalue weighted by atomic mass is 19.3. The number of benzene rings is 1. The topological polar surface area (TPSA) is 112 Å². The third-order valence-electron chi connectivity index (χ3n) is 6.24. The highest BCUT2D eigenvalue weighted by Crippen LogP contribution is 2.23. The molecule has 1 aromatic carbocycles. The fourth-order valence-electron chi connectivity index (χ4n) is 4.28. The maximum Gasteiger partial charge on any atom is 0.333 e. The Morgan fingerprint density at radius 2 is 1.82 bits per heavy atom. The van der Waals surface area contributed by atoms with E-state index in [1.54, 1.807) is 18.2 Å². The summed E-state index contributed by atoms with van der Waals surface area (Å²) >= 11 is 0. The Balaban J connectivity index is 1.19. The molecule has 4 heterocycles. The summed E-state index contributed by atoms with van der Waals surface area (Å²) in [4.78, 5) is 38.0. The average Bonchev–Trinajstić information content (AvgIpc) is 3.40. The average molecular weight is 548 g/mol. The van der Waals surface area contributed by atoms with Crippen LogP contribution in [0, 0.1) is 5.95 Å². The monoisotopic (exact) mass is 548 g/mol. The number of aromatic nitrogens is 5. The number of nitrogens with one attached hydrogen (secondary N) is 2. The predicted molar refractivity (Wildman–Crippen MR) is 130 cm³/mol. The van der Waals surface area contributed by atoms with Crippen molar-refractivity contribution in [2.24, 2.45) is 0 Å². The summed E-state index contributed by atoms with van der Waals surface area (Å²) in [6.45, 7) is -0.217. The van der Waals surface area contributed by atoms with Gasteiger partial charge >= 0.3 is 6.55 Å². The molecule has 0 aliphatic carbocycles. The van der Waals surface area contributed by atoms with Crippen LogP contribution in [0.3, 0.4) is 0 Å². The lowest BCUT2D eigenvalue weighted by Crippen LogP contribution is -2.46. The molecule has 0 atom stereocenters. The maximum absolute atomic E-state index is 14.8. The molecule has 1 aliphatic rings. The summed E-state index contributed by atoms with van der Waals surface area (Å²) in [5.74, 6) is -1.62. The first-order valence-corrected chi connectivity index (χ1v) is 11.8. The van der Waals surface area contributed by atoms with E-state index in [0.29, 0.717) is 42.9 Å². The largest absolute Gasteiger partial charge is 0.365 e. The number of rotatable bonds is 7. The van der Waals surface area contributed by atoms with Gasteiger partial charge in [-0.1, -0.05) is 6.07 Å². The number of aromatic amines is 1. The van der Waals surface area contributed by atoms with Crippen molar-refractivity contribution in [3.63, 3.8) is 0 Å². The minimum atomic E-state index is -2.96. The van der Waals surface area contributed by atoms with Crippen LogP contribution in [-0.2, 0) is 6.54 Å². The number of carbonyl (C=O) groups excluding carboxylic acids is 1. The van der Waals surface area contributed by atoms with E-state index in [-0.39, 0.29) is 22.6 Å². The van der Waals surface area contributed by atoms with Crippen LogP contribution in [0.4, 0.5) is 33.5 Å². The van der Waals surface area contributed by atoms with Crippen molar-refractivity contribution in [3.8, 4) is 0 Å². The molecule has 10 nitrogen and oxygen atoms in total. The Hall–Kier alpha value is -4.40. The first kappa shape index (κ1) is 26.2. The summed E-state index contributed by atoms with van der Waals surface area (Å²) in [6, 6.07) is 7.93. The van der Waals surface area contributed by atoms with Crippen LogP contribution in [0.25, 0.3) is 11.0 Å². The van der Waals surface area contributed by atoms with Crippen LogP contribution in [0.1, 0.15) is 34.6 Å². The summed E-state index contributed by atoms with van der Waals surface area (Å²) in [5.41, 5.74) is -0.122. The minimum Gasteiger partial charge on any atom is -0.365 e. The molecule has 1 amide bonds. The molecule has 2 N–H and O–H groups in total. The van der Waals surface area contributed by atoms with Crippen molar-refractivity contribution in [1.29, 1.82) is 0 Å².